The summed E-state index contributed by atoms with van der Waals surface area (Å²) in [6.07, 6.45) is -7.38. The highest BCUT2D eigenvalue weighted by atomic mass is 19.4. The van der Waals surface area contributed by atoms with Gasteiger partial charge in [-0.1, -0.05) is 0 Å². The zero-order valence-corrected chi connectivity index (χ0v) is 8.62. The minimum absolute atomic E-state index is 1.04. The van der Waals surface area contributed by atoms with Crippen LogP contribution in [0.15, 0.2) is 0 Å². The standard InChI is InChI=1S/C6H2F13N/c7-1(8,3(11,12)5(15,16)17)2(9,10)4(13,14)6(18,19)20/h20H2/p+1. The Morgan fingerprint density at radius 1 is 0.400 bits per heavy atom. The highest BCUT2D eigenvalue weighted by Gasteiger charge is 2.91. The van der Waals surface area contributed by atoms with Gasteiger partial charge in [0.1, 0.15) is 0 Å². The second kappa shape index (κ2) is 4.27. The number of hydrogen-bond donors (Lipinski definition) is 1. The Labute approximate surface area is 100 Å². The van der Waals surface area contributed by atoms with E-state index >= 15 is 0 Å². The maximum atomic E-state index is 12.5. The molecule has 0 aromatic carbocycles. The first-order valence-electron chi connectivity index (χ1n) is 4.06. The predicted molar refractivity (Wildman–Crippen MR) is 33.7 cm³/mol. The fourth-order valence-electron chi connectivity index (χ4n) is 0.802. The summed E-state index contributed by atoms with van der Waals surface area (Å²) in [4.78, 5) is 0. The van der Waals surface area contributed by atoms with E-state index in [1.165, 1.54) is 0 Å². The maximum absolute atomic E-state index is 12.5. The summed E-state index contributed by atoms with van der Waals surface area (Å²) >= 11 is 0. The molecule has 3 N–H and O–H groups in total. The smallest absolute Gasteiger partial charge is 0.291 e. The van der Waals surface area contributed by atoms with Gasteiger partial charge in [0, 0.05) is 0 Å². The van der Waals surface area contributed by atoms with Gasteiger partial charge in [0.15, 0.2) is 0 Å². The van der Waals surface area contributed by atoms with E-state index in [0.29, 0.717) is 0 Å². The zero-order chi connectivity index (χ0) is 17.0. The molecule has 0 atom stereocenters. The summed E-state index contributed by atoms with van der Waals surface area (Å²) in [5, 5.41) is 0. The molecule has 20 heavy (non-hydrogen) atoms. The van der Waals surface area contributed by atoms with Crippen molar-refractivity contribution in [3.63, 3.8) is 0 Å². The first-order valence-corrected chi connectivity index (χ1v) is 4.06. The Morgan fingerprint density at radius 3 is 0.850 bits per heavy atom. The quantitative estimate of drug-likeness (QED) is 0.604. The maximum Gasteiger partial charge on any atom is 0.460 e. The molecule has 0 bridgehead atoms. The summed E-state index contributed by atoms with van der Waals surface area (Å²) < 4.78 is 158. The molecule has 1 nitrogen and oxygen atoms in total. The lowest BCUT2D eigenvalue weighted by Crippen LogP contribution is -2.82. The topological polar surface area (TPSA) is 27.6 Å². The van der Waals surface area contributed by atoms with E-state index in [-0.39, 0.29) is 0 Å². The lowest BCUT2D eigenvalue weighted by molar-refractivity contribution is -0.631. The Kier molecular flexibility index (Phi) is 4.07. The predicted octanol–water partition coefficient (Wildman–Crippen LogP) is 2.92. The third-order valence-electron chi connectivity index (χ3n) is 2.00. The summed E-state index contributed by atoms with van der Waals surface area (Å²) in [5.74, 6) is -30.5. The van der Waals surface area contributed by atoms with Crippen LogP contribution in [0.3, 0.4) is 0 Å². The fourth-order valence-corrected chi connectivity index (χ4v) is 0.802. The van der Waals surface area contributed by atoms with Gasteiger partial charge in [-0.2, -0.15) is 48.3 Å². The number of halogens is 13. The molecule has 122 valence electrons. The first kappa shape index (κ1) is 19.1. The molecule has 0 heterocycles. The summed E-state index contributed by atoms with van der Waals surface area (Å²) in [5.41, 5.74) is 1.04. The second-order valence-corrected chi connectivity index (χ2v) is 3.50. The minimum atomic E-state index is -7.84. The lowest BCUT2D eigenvalue weighted by Gasteiger charge is -2.37. The Bertz CT molecular complexity index is 324. The van der Waals surface area contributed by atoms with Crippen molar-refractivity contribution in [2.24, 2.45) is 0 Å². The van der Waals surface area contributed by atoms with E-state index in [9.17, 15) is 57.1 Å². The molecule has 0 amide bonds. The molecule has 0 aromatic rings. The van der Waals surface area contributed by atoms with Crippen molar-refractivity contribution in [1.82, 2.24) is 0 Å². The van der Waals surface area contributed by atoms with Crippen LogP contribution in [-0.2, 0) is 0 Å². The van der Waals surface area contributed by atoms with Gasteiger partial charge in [-0.05, 0) is 0 Å². The Hall–Kier alpha value is -0.950. The summed E-state index contributed by atoms with van der Waals surface area (Å²) in [6.45, 7) is 0. The number of quaternary nitrogens is 1. The van der Waals surface area contributed by atoms with E-state index in [1.54, 1.807) is 0 Å². The average Bonchev–Trinajstić information content (AvgIpc) is 2.12. The molecular formula is C6H3F13N+. The number of hydrogen-bond acceptors (Lipinski definition) is 0. The number of rotatable bonds is 4. The van der Waals surface area contributed by atoms with Crippen molar-refractivity contribution in [3.05, 3.63) is 0 Å². The van der Waals surface area contributed by atoms with E-state index in [1.807, 2.05) is 0 Å². The largest absolute Gasteiger partial charge is 0.460 e. The van der Waals surface area contributed by atoms with Crippen molar-refractivity contribution in [2.45, 2.75) is 35.9 Å². The number of alkyl halides is 13. The fraction of sp³-hybridized carbons (Fsp3) is 1.00. The average molecular weight is 336 g/mol. The van der Waals surface area contributed by atoms with Gasteiger partial charge in [0.25, 0.3) is 0 Å². The van der Waals surface area contributed by atoms with Gasteiger partial charge in [0.2, 0.25) is 0 Å². The molecule has 0 unspecified atom stereocenters. The van der Waals surface area contributed by atoms with Crippen LogP contribution in [0.25, 0.3) is 0 Å². The van der Waals surface area contributed by atoms with E-state index in [2.05, 4.69) is 0 Å². The lowest BCUT2D eigenvalue weighted by atomic mass is 9.97. The highest BCUT2D eigenvalue weighted by molar-refractivity contribution is 5.07. The molecule has 0 aliphatic rings. The normalized spacial score (nSPS) is 16.5. The molecule has 0 rings (SSSR count). The van der Waals surface area contributed by atoms with E-state index in [0.717, 1.165) is 5.73 Å². The Morgan fingerprint density at radius 2 is 0.650 bits per heavy atom. The molecule has 0 aromatic heterocycles. The van der Waals surface area contributed by atoms with Crippen LogP contribution in [0.5, 0.6) is 0 Å². The van der Waals surface area contributed by atoms with E-state index in [4.69, 9.17) is 0 Å². The van der Waals surface area contributed by atoms with Crippen LogP contribution in [0.2, 0.25) is 0 Å². The molecule has 14 heteroatoms. The summed E-state index contributed by atoms with van der Waals surface area (Å²) in [7, 11) is 0. The van der Waals surface area contributed by atoms with Gasteiger partial charge in [-0.25, -0.2) is 0 Å². The molecule has 0 fully saturated rings. The monoisotopic (exact) mass is 336 g/mol. The van der Waals surface area contributed by atoms with E-state index < -0.39 is 35.9 Å². The molecule has 0 saturated heterocycles. The summed E-state index contributed by atoms with van der Waals surface area (Å²) in [6, 6.07) is -6.23. The molecule has 0 radical (unpaired) electrons. The van der Waals surface area contributed by atoms with Crippen LogP contribution < -0.4 is 5.73 Å². The van der Waals surface area contributed by atoms with Crippen molar-refractivity contribution in [1.29, 1.82) is 0 Å². The van der Waals surface area contributed by atoms with Gasteiger partial charge in [-0.3, -0.25) is 5.73 Å². The molecule has 0 aliphatic heterocycles. The SMILES string of the molecule is [NH3+]C(F)(F)C(F)(F)C(F)(F)C(F)(F)C(F)(F)C(F)(F)F. The molecule has 0 spiro atoms. The molecular weight excluding hydrogens is 333 g/mol. The van der Waals surface area contributed by atoms with Gasteiger partial charge in [0.05, 0.1) is 0 Å². The minimum Gasteiger partial charge on any atom is -0.291 e. The highest BCUT2D eigenvalue weighted by Crippen LogP contribution is 2.59. The van der Waals surface area contributed by atoms with Crippen molar-refractivity contribution < 1.29 is 62.8 Å². The third kappa shape index (κ3) is 2.26. The zero-order valence-electron chi connectivity index (χ0n) is 8.62. The Balaban J connectivity index is 6.08. The second-order valence-electron chi connectivity index (χ2n) is 3.50. The first-order chi connectivity index (χ1) is 8.25. The van der Waals surface area contributed by atoms with Crippen LogP contribution in [0, 0.1) is 0 Å². The van der Waals surface area contributed by atoms with Crippen molar-refractivity contribution >= 4 is 0 Å². The third-order valence-corrected chi connectivity index (χ3v) is 2.00. The van der Waals surface area contributed by atoms with Crippen LogP contribution in [-0.4, -0.2) is 35.9 Å². The van der Waals surface area contributed by atoms with Crippen LogP contribution >= 0.6 is 0 Å². The van der Waals surface area contributed by atoms with Gasteiger partial charge >= 0.3 is 35.9 Å². The molecule has 0 aliphatic carbocycles. The van der Waals surface area contributed by atoms with Gasteiger partial charge in [-0.15, -0.1) is 8.78 Å². The molecule has 0 saturated carbocycles. The van der Waals surface area contributed by atoms with Crippen LogP contribution in [0.4, 0.5) is 57.1 Å². The van der Waals surface area contributed by atoms with Gasteiger partial charge < -0.3 is 0 Å². The van der Waals surface area contributed by atoms with Crippen molar-refractivity contribution in [3.8, 4) is 0 Å². The van der Waals surface area contributed by atoms with Crippen molar-refractivity contribution in [2.75, 3.05) is 0 Å². The van der Waals surface area contributed by atoms with Crippen LogP contribution in [0.1, 0.15) is 0 Å².